The van der Waals surface area contributed by atoms with E-state index in [9.17, 15) is 4.79 Å². The third kappa shape index (κ3) is 3.83. The average molecular weight is 319 g/mol. The highest BCUT2D eigenvalue weighted by Gasteiger charge is 2.06. The summed E-state index contributed by atoms with van der Waals surface area (Å²) in [5, 5.41) is 5.94. The summed E-state index contributed by atoms with van der Waals surface area (Å²) in [7, 11) is 0. The summed E-state index contributed by atoms with van der Waals surface area (Å²) in [6.45, 7) is 2.23. The zero-order valence-electron chi connectivity index (χ0n) is 10.6. The van der Waals surface area contributed by atoms with Crippen LogP contribution in [0.5, 0.6) is 0 Å². The smallest absolute Gasteiger partial charge is 0.243 e. The van der Waals surface area contributed by atoms with Crippen molar-refractivity contribution in [1.82, 2.24) is 0 Å². The van der Waals surface area contributed by atoms with E-state index >= 15 is 0 Å². The molecule has 0 spiro atoms. The highest BCUT2D eigenvalue weighted by molar-refractivity contribution is 9.10. The number of hydrogen-bond donors (Lipinski definition) is 2. The van der Waals surface area contributed by atoms with Crippen LogP contribution in [0.25, 0.3) is 0 Å². The van der Waals surface area contributed by atoms with Crippen molar-refractivity contribution in [1.29, 1.82) is 0 Å². The number of benzene rings is 2. The van der Waals surface area contributed by atoms with E-state index in [0.29, 0.717) is 0 Å². The first-order chi connectivity index (χ1) is 9.16. The maximum absolute atomic E-state index is 11.9. The summed E-state index contributed by atoms with van der Waals surface area (Å²) in [5.41, 5.74) is 2.81. The topological polar surface area (TPSA) is 41.1 Å². The van der Waals surface area contributed by atoms with Gasteiger partial charge in [0.15, 0.2) is 0 Å². The quantitative estimate of drug-likeness (QED) is 0.900. The van der Waals surface area contributed by atoms with Gasteiger partial charge in [-0.1, -0.05) is 30.3 Å². The lowest BCUT2D eigenvalue weighted by atomic mass is 10.2. The van der Waals surface area contributed by atoms with Gasteiger partial charge in [0.25, 0.3) is 0 Å². The van der Waals surface area contributed by atoms with Gasteiger partial charge in [0.1, 0.15) is 0 Å². The second-order valence-corrected chi connectivity index (χ2v) is 5.00. The number of nitrogens with one attached hydrogen (secondary N) is 2. The number of anilines is 2. The third-order valence-corrected chi connectivity index (χ3v) is 3.75. The van der Waals surface area contributed by atoms with Crippen molar-refractivity contribution < 1.29 is 4.79 Å². The Labute approximate surface area is 121 Å². The van der Waals surface area contributed by atoms with Crippen molar-refractivity contribution in [2.24, 2.45) is 0 Å². The number of carbonyl (C=O) groups excluding carboxylic acids is 1. The molecule has 0 aliphatic rings. The molecule has 0 aliphatic heterocycles. The zero-order chi connectivity index (χ0) is 13.7. The highest BCUT2D eigenvalue weighted by atomic mass is 79.9. The van der Waals surface area contributed by atoms with E-state index in [2.05, 4.69) is 26.6 Å². The molecule has 2 aromatic carbocycles. The van der Waals surface area contributed by atoms with Gasteiger partial charge in [-0.25, -0.2) is 0 Å². The van der Waals surface area contributed by atoms with Gasteiger partial charge in [0, 0.05) is 10.2 Å². The number of halogens is 1. The molecular formula is C15H15BrN2O. The molecule has 19 heavy (non-hydrogen) atoms. The molecule has 0 saturated heterocycles. The van der Waals surface area contributed by atoms with Crippen molar-refractivity contribution in [2.45, 2.75) is 6.92 Å². The first-order valence-electron chi connectivity index (χ1n) is 6.00. The molecule has 4 heteroatoms. The Morgan fingerprint density at radius 3 is 2.58 bits per heavy atom. The van der Waals surface area contributed by atoms with Crippen LogP contribution >= 0.6 is 15.9 Å². The molecule has 0 aliphatic carbocycles. The minimum atomic E-state index is -0.0739. The van der Waals surface area contributed by atoms with Crippen LogP contribution < -0.4 is 10.6 Å². The van der Waals surface area contributed by atoms with Gasteiger partial charge in [-0.05, 0) is 46.6 Å². The number of rotatable bonds is 4. The monoisotopic (exact) mass is 318 g/mol. The fourth-order valence-electron chi connectivity index (χ4n) is 1.68. The van der Waals surface area contributed by atoms with E-state index < -0.39 is 0 Å². The molecular weight excluding hydrogens is 304 g/mol. The minimum Gasteiger partial charge on any atom is -0.376 e. The van der Waals surface area contributed by atoms with Gasteiger partial charge < -0.3 is 10.6 Å². The minimum absolute atomic E-state index is 0.0739. The number of carbonyl (C=O) groups is 1. The Morgan fingerprint density at radius 1 is 1.11 bits per heavy atom. The molecule has 0 radical (unpaired) electrons. The van der Waals surface area contributed by atoms with Crippen molar-refractivity contribution in [3.05, 3.63) is 58.6 Å². The second kappa shape index (κ2) is 6.38. The van der Waals surface area contributed by atoms with E-state index in [1.807, 2.05) is 55.5 Å². The lowest BCUT2D eigenvalue weighted by molar-refractivity contribution is -0.114. The van der Waals surface area contributed by atoms with Gasteiger partial charge in [0.2, 0.25) is 5.91 Å². The maximum Gasteiger partial charge on any atom is 0.243 e. The van der Waals surface area contributed by atoms with Crippen molar-refractivity contribution >= 4 is 33.2 Å². The Bertz CT molecular complexity index is 570. The third-order valence-electron chi connectivity index (χ3n) is 2.69. The molecule has 3 nitrogen and oxygen atoms in total. The number of para-hydroxylation sites is 1. The van der Waals surface area contributed by atoms with Gasteiger partial charge in [-0.2, -0.15) is 0 Å². The molecule has 1 amide bonds. The van der Waals surface area contributed by atoms with Gasteiger partial charge in [-0.3, -0.25) is 4.79 Å². The summed E-state index contributed by atoms with van der Waals surface area (Å²) in [5.74, 6) is -0.0739. The van der Waals surface area contributed by atoms with Gasteiger partial charge in [0.05, 0.1) is 12.2 Å². The van der Waals surface area contributed by atoms with Gasteiger partial charge >= 0.3 is 0 Å². The van der Waals surface area contributed by atoms with Crippen LogP contribution in [0.4, 0.5) is 11.4 Å². The molecule has 0 heterocycles. The molecule has 2 N–H and O–H groups in total. The molecule has 2 rings (SSSR count). The van der Waals surface area contributed by atoms with Gasteiger partial charge in [-0.15, -0.1) is 0 Å². The molecule has 2 aromatic rings. The molecule has 0 saturated carbocycles. The molecule has 98 valence electrons. The van der Waals surface area contributed by atoms with Crippen molar-refractivity contribution in [2.75, 3.05) is 17.2 Å². The van der Waals surface area contributed by atoms with E-state index in [-0.39, 0.29) is 12.5 Å². The molecule has 0 fully saturated rings. The maximum atomic E-state index is 11.9. The molecule has 0 unspecified atom stereocenters. The summed E-state index contributed by atoms with van der Waals surface area (Å²) < 4.78 is 0.920. The van der Waals surface area contributed by atoms with E-state index in [0.717, 1.165) is 21.4 Å². The van der Waals surface area contributed by atoms with Crippen LogP contribution in [0, 0.1) is 6.92 Å². The molecule has 0 bridgehead atoms. The Hall–Kier alpha value is -1.81. The summed E-state index contributed by atoms with van der Waals surface area (Å²) in [4.78, 5) is 11.9. The van der Waals surface area contributed by atoms with Crippen molar-refractivity contribution in [3.63, 3.8) is 0 Å². The predicted octanol–water partition coefficient (Wildman–Crippen LogP) is 3.81. The number of amides is 1. The Morgan fingerprint density at radius 2 is 1.84 bits per heavy atom. The fraction of sp³-hybridized carbons (Fsp3) is 0.133. The van der Waals surface area contributed by atoms with Crippen LogP contribution in [0.1, 0.15) is 5.56 Å². The van der Waals surface area contributed by atoms with Crippen LogP contribution in [-0.4, -0.2) is 12.5 Å². The first kappa shape index (κ1) is 13.6. The highest BCUT2D eigenvalue weighted by Crippen LogP contribution is 2.25. The SMILES string of the molecule is Cc1cccc(NC(=O)CNc2ccccc2)c1Br. The normalized spacial score (nSPS) is 10.0. The van der Waals surface area contributed by atoms with Crippen LogP contribution in [-0.2, 0) is 4.79 Å². The lowest BCUT2D eigenvalue weighted by Crippen LogP contribution is -2.22. The van der Waals surface area contributed by atoms with E-state index in [4.69, 9.17) is 0 Å². The van der Waals surface area contributed by atoms with Crippen LogP contribution in [0.15, 0.2) is 53.0 Å². The molecule has 0 aromatic heterocycles. The Kier molecular flexibility index (Phi) is 4.58. The summed E-state index contributed by atoms with van der Waals surface area (Å²) in [6.07, 6.45) is 0. The first-order valence-corrected chi connectivity index (χ1v) is 6.80. The second-order valence-electron chi connectivity index (χ2n) is 4.20. The lowest BCUT2D eigenvalue weighted by Gasteiger charge is -2.10. The van der Waals surface area contributed by atoms with Crippen LogP contribution in [0.2, 0.25) is 0 Å². The standard InChI is InChI=1S/C15H15BrN2O/c1-11-6-5-9-13(15(11)16)18-14(19)10-17-12-7-3-2-4-8-12/h2-9,17H,10H2,1H3,(H,18,19). The fourth-order valence-corrected chi connectivity index (χ4v) is 2.04. The van der Waals surface area contributed by atoms with E-state index in [1.165, 1.54) is 0 Å². The van der Waals surface area contributed by atoms with Crippen LogP contribution in [0.3, 0.4) is 0 Å². The number of aryl methyl sites for hydroxylation is 1. The number of hydrogen-bond acceptors (Lipinski definition) is 2. The van der Waals surface area contributed by atoms with E-state index in [1.54, 1.807) is 0 Å². The Balaban J connectivity index is 1.93. The van der Waals surface area contributed by atoms with Crippen molar-refractivity contribution in [3.8, 4) is 0 Å². The average Bonchev–Trinajstić information content (AvgIpc) is 2.43. The zero-order valence-corrected chi connectivity index (χ0v) is 12.2. The summed E-state index contributed by atoms with van der Waals surface area (Å²) in [6, 6.07) is 15.4. The predicted molar refractivity (Wildman–Crippen MR) is 82.4 cm³/mol. The largest absolute Gasteiger partial charge is 0.376 e. The molecule has 0 atom stereocenters. The summed E-state index contributed by atoms with van der Waals surface area (Å²) >= 11 is 3.47.